The van der Waals surface area contributed by atoms with Crippen molar-refractivity contribution in [3.05, 3.63) is 65.7 Å². The molecule has 1 aliphatic rings. The number of aryl methyl sites for hydroxylation is 2. The molecule has 0 bridgehead atoms. The number of hydrogen-bond acceptors (Lipinski definition) is 1. The lowest BCUT2D eigenvalue weighted by molar-refractivity contribution is 0.476. The standard InChI is InChI=1S/C20H14O/c21-15-6-9-16-13(10-15)5-7-17-18-8-4-12-2-1-3-14(20(12)18)11-19(16)17/h1-3,5-7,9-11,21H,4,8H2. The molecule has 100 valence electrons. The minimum Gasteiger partial charge on any atom is -0.508 e. The van der Waals surface area contributed by atoms with Gasteiger partial charge in [0.15, 0.2) is 0 Å². The molecule has 1 heteroatoms. The predicted octanol–water partition coefficient (Wildman–Crippen LogP) is 4.95. The lowest BCUT2D eigenvalue weighted by Gasteiger charge is -2.10. The molecule has 0 heterocycles. The van der Waals surface area contributed by atoms with Gasteiger partial charge in [-0.2, -0.15) is 0 Å². The fourth-order valence-corrected chi connectivity index (χ4v) is 3.89. The van der Waals surface area contributed by atoms with E-state index >= 15 is 0 Å². The number of fused-ring (bicyclic) bond motifs is 4. The Bertz CT molecular complexity index is 1040. The Labute approximate surface area is 122 Å². The highest BCUT2D eigenvalue weighted by Crippen LogP contribution is 2.39. The fraction of sp³-hybridized carbons (Fsp3) is 0.100. The van der Waals surface area contributed by atoms with Crippen molar-refractivity contribution in [2.45, 2.75) is 12.8 Å². The summed E-state index contributed by atoms with van der Waals surface area (Å²) in [5.74, 6) is 0.328. The molecule has 4 aromatic carbocycles. The predicted molar refractivity (Wildman–Crippen MR) is 88.0 cm³/mol. The molecule has 0 aromatic heterocycles. The monoisotopic (exact) mass is 270 g/mol. The summed E-state index contributed by atoms with van der Waals surface area (Å²) in [6, 6.07) is 18.9. The van der Waals surface area contributed by atoms with Crippen LogP contribution in [-0.4, -0.2) is 5.11 Å². The van der Waals surface area contributed by atoms with E-state index in [0.717, 1.165) is 18.2 Å². The number of rotatable bonds is 0. The quantitative estimate of drug-likeness (QED) is 0.354. The fourth-order valence-electron chi connectivity index (χ4n) is 3.89. The number of benzene rings is 4. The SMILES string of the molecule is Oc1ccc2c(ccc3c4c5c(cccc5cc32)CC4)c1. The molecule has 21 heavy (non-hydrogen) atoms. The van der Waals surface area contributed by atoms with Crippen molar-refractivity contribution in [3.63, 3.8) is 0 Å². The summed E-state index contributed by atoms with van der Waals surface area (Å²) >= 11 is 0. The molecule has 1 nitrogen and oxygen atoms in total. The van der Waals surface area contributed by atoms with Crippen LogP contribution >= 0.6 is 0 Å². The summed E-state index contributed by atoms with van der Waals surface area (Å²) in [7, 11) is 0. The Morgan fingerprint density at radius 3 is 2.57 bits per heavy atom. The Balaban J connectivity index is 2.06. The van der Waals surface area contributed by atoms with Crippen molar-refractivity contribution in [2.24, 2.45) is 0 Å². The first-order valence-corrected chi connectivity index (χ1v) is 7.40. The van der Waals surface area contributed by atoms with E-state index in [0.29, 0.717) is 5.75 Å². The van der Waals surface area contributed by atoms with Crippen LogP contribution in [0.15, 0.2) is 54.6 Å². The topological polar surface area (TPSA) is 20.2 Å². The molecule has 0 atom stereocenters. The van der Waals surface area contributed by atoms with Crippen LogP contribution in [0.1, 0.15) is 11.1 Å². The van der Waals surface area contributed by atoms with E-state index in [1.54, 1.807) is 6.07 Å². The molecule has 1 N–H and O–H groups in total. The van der Waals surface area contributed by atoms with E-state index in [2.05, 4.69) is 36.4 Å². The van der Waals surface area contributed by atoms with E-state index in [1.807, 2.05) is 12.1 Å². The van der Waals surface area contributed by atoms with Gasteiger partial charge in [0.25, 0.3) is 0 Å². The average molecular weight is 270 g/mol. The van der Waals surface area contributed by atoms with Crippen LogP contribution in [0, 0.1) is 0 Å². The molecule has 0 radical (unpaired) electrons. The maximum atomic E-state index is 9.68. The molecule has 0 fully saturated rings. The van der Waals surface area contributed by atoms with Crippen molar-refractivity contribution in [1.29, 1.82) is 0 Å². The largest absolute Gasteiger partial charge is 0.508 e. The molecular formula is C20H14O. The van der Waals surface area contributed by atoms with E-state index in [1.165, 1.54) is 38.1 Å². The van der Waals surface area contributed by atoms with E-state index in [-0.39, 0.29) is 0 Å². The van der Waals surface area contributed by atoms with Gasteiger partial charge in [0.2, 0.25) is 0 Å². The maximum absolute atomic E-state index is 9.68. The summed E-state index contributed by atoms with van der Waals surface area (Å²) in [6.07, 6.45) is 2.29. The highest BCUT2D eigenvalue weighted by molar-refractivity contribution is 6.15. The van der Waals surface area contributed by atoms with Gasteiger partial charge in [0.1, 0.15) is 5.75 Å². The molecule has 4 aromatic rings. The van der Waals surface area contributed by atoms with Crippen LogP contribution < -0.4 is 0 Å². The first-order chi connectivity index (χ1) is 10.3. The molecule has 0 amide bonds. The zero-order chi connectivity index (χ0) is 14.0. The molecule has 1 aliphatic carbocycles. The molecule has 0 saturated carbocycles. The zero-order valence-electron chi connectivity index (χ0n) is 11.6. The number of hydrogen-bond donors (Lipinski definition) is 1. The Morgan fingerprint density at radius 2 is 1.62 bits per heavy atom. The van der Waals surface area contributed by atoms with Crippen LogP contribution in [0.2, 0.25) is 0 Å². The van der Waals surface area contributed by atoms with Crippen LogP contribution in [0.4, 0.5) is 0 Å². The van der Waals surface area contributed by atoms with Crippen LogP contribution in [0.5, 0.6) is 5.75 Å². The third-order valence-corrected chi connectivity index (χ3v) is 4.80. The second-order valence-electron chi connectivity index (χ2n) is 5.94. The first kappa shape index (κ1) is 11.2. The van der Waals surface area contributed by atoms with Gasteiger partial charge in [-0.15, -0.1) is 0 Å². The average Bonchev–Trinajstić information content (AvgIpc) is 2.93. The van der Waals surface area contributed by atoms with Crippen LogP contribution in [-0.2, 0) is 12.8 Å². The van der Waals surface area contributed by atoms with Crippen molar-refractivity contribution in [3.8, 4) is 5.75 Å². The molecule has 0 aliphatic heterocycles. The number of phenols is 1. The van der Waals surface area contributed by atoms with Crippen molar-refractivity contribution < 1.29 is 5.11 Å². The normalized spacial score (nSPS) is 13.5. The summed E-state index contributed by atoms with van der Waals surface area (Å²) in [6.45, 7) is 0. The maximum Gasteiger partial charge on any atom is 0.116 e. The van der Waals surface area contributed by atoms with Crippen LogP contribution in [0.25, 0.3) is 32.3 Å². The van der Waals surface area contributed by atoms with Gasteiger partial charge in [-0.25, -0.2) is 0 Å². The summed E-state index contributed by atoms with van der Waals surface area (Å²) < 4.78 is 0. The third kappa shape index (κ3) is 1.41. The Morgan fingerprint density at radius 1 is 0.714 bits per heavy atom. The number of phenolic OH excluding ortho intramolecular Hbond substituents is 1. The van der Waals surface area contributed by atoms with Crippen molar-refractivity contribution in [1.82, 2.24) is 0 Å². The smallest absolute Gasteiger partial charge is 0.116 e. The molecular weight excluding hydrogens is 256 g/mol. The first-order valence-electron chi connectivity index (χ1n) is 7.40. The summed E-state index contributed by atoms with van der Waals surface area (Å²) in [5.41, 5.74) is 2.98. The second kappa shape index (κ2) is 3.76. The van der Waals surface area contributed by atoms with E-state index in [4.69, 9.17) is 0 Å². The lowest BCUT2D eigenvalue weighted by atomic mass is 9.94. The Kier molecular flexibility index (Phi) is 2.00. The highest BCUT2D eigenvalue weighted by Gasteiger charge is 2.17. The summed E-state index contributed by atoms with van der Waals surface area (Å²) in [4.78, 5) is 0. The number of aromatic hydroxyl groups is 1. The van der Waals surface area contributed by atoms with Gasteiger partial charge in [-0.1, -0.05) is 36.4 Å². The van der Waals surface area contributed by atoms with Gasteiger partial charge < -0.3 is 5.11 Å². The van der Waals surface area contributed by atoms with E-state index in [9.17, 15) is 5.11 Å². The van der Waals surface area contributed by atoms with Crippen molar-refractivity contribution >= 4 is 32.3 Å². The minimum atomic E-state index is 0.328. The Hall–Kier alpha value is -2.54. The minimum absolute atomic E-state index is 0.328. The molecule has 0 spiro atoms. The molecule has 5 rings (SSSR count). The van der Waals surface area contributed by atoms with Gasteiger partial charge in [0.05, 0.1) is 0 Å². The van der Waals surface area contributed by atoms with Gasteiger partial charge in [-0.05, 0) is 74.5 Å². The van der Waals surface area contributed by atoms with E-state index < -0.39 is 0 Å². The zero-order valence-corrected chi connectivity index (χ0v) is 11.6. The van der Waals surface area contributed by atoms with Gasteiger partial charge in [-0.3, -0.25) is 0 Å². The lowest BCUT2D eigenvalue weighted by Crippen LogP contribution is -1.85. The van der Waals surface area contributed by atoms with Gasteiger partial charge in [0, 0.05) is 0 Å². The third-order valence-electron chi connectivity index (χ3n) is 4.80. The van der Waals surface area contributed by atoms with Gasteiger partial charge >= 0.3 is 0 Å². The molecule has 0 unspecified atom stereocenters. The molecule has 0 saturated heterocycles. The summed E-state index contributed by atoms with van der Waals surface area (Å²) in [5, 5.41) is 17.5. The highest BCUT2D eigenvalue weighted by atomic mass is 16.3. The second-order valence-corrected chi connectivity index (χ2v) is 5.94. The van der Waals surface area contributed by atoms with Crippen molar-refractivity contribution in [2.75, 3.05) is 0 Å². The van der Waals surface area contributed by atoms with Crippen LogP contribution in [0.3, 0.4) is 0 Å².